The van der Waals surface area contributed by atoms with E-state index < -0.39 is 0 Å². The highest BCUT2D eigenvalue weighted by Crippen LogP contribution is 2.14. The van der Waals surface area contributed by atoms with E-state index in [2.05, 4.69) is 10.3 Å². The maximum Gasteiger partial charge on any atom is 0.226 e. The molecule has 0 aliphatic rings. The molecule has 20 heavy (non-hydrogen) atoms. The molecule has 102 valence electrons. The first kappa shape index (κ1) is 13.1. The molecule has 1 N–H and O–H groups in total. The van der Waals surface area contributed by atoms with Crippen LogP contribution in [0, 0.1) is 0 Å². The van der Waals surface area contributed by atoms with Gasteiger partial charge < -0.3 is 5.32 Å². The Hall–Kier alpha value is -1.85. The van der Waals surface area contributed by atoms with Crippen LogP contribution in [-0.2, 0) is 17.8 Å². The van der Waals surface area contributed by atoms with Crippen LogP contribution < -0.4 is 5.32 Å². The summed E-state index contributed by atoms with van der Waals surface area (Å²) in [4.78, 5) is 17.2. The molecule has 1 aromatic carbocycles. The van der Waals surface area contributed by atoms with Crippen molar-refractivity contribution < 1.29 is 4.79 Å². The van der Waals surface area contributed by atoms with Crippen LogP contribution in [0.1, 0.15) is 11.3 Å². The van der Waals surface area contributed by atoms with E-state index in [4.69, 9.17) is 11.6 Å². The number of rotatable bonds is 4. The fourth-order valence-electron chi connectivity index (χ4n) is 1.92. The first-order valence-electron chi connectivity index (χ1n) is 6.13. The van der Waals surface area contributed by atoms with Crippen molar-refractivity contribution in [2.24, 2.45) is 0 Å². The number of carbonyl (C=O) groups is 1. The van der Waals surface area contributed by atoms with Crippen molar-refractivity contribution in [3.05, 3.63) is 58.3 Å². The number of aromatic nitrogens is 2. The second-order valence-electron chi connectivity index (χ2n) is 4.37. The maximum absolute atomic E-state index is 11.9. The molecule has 0 radical (unpaired) electrons. The van der Waals surface area contributed by atoms with Crippen LogP contribution >= 0.6 is 22.9 Å². The number of imidazole rings is 1. The Kier molecular flexibility index (Phi) is 3.71. The van der Waals surface area contributed by atoms with Crippen molar-refractivity contribution in [3.63, 3.8) is 0 Å². The highest BCUT2D eigenvalue weighted by molar-refractivity contribution is 7.15. The van der Waals surface area contributed by atoms with Gasteiger partial charge in [-0.15, -0.1) is 11.3 Å². The summed E-state index contributed by atoms with van der Waals surface area (Å²) in [6, 6.07) is 7.48. The Morgan fingerprint density at radius 3 is 3.05 bits per heavy atom. The van der Waals surface area contributed by atoms with E-state index in [0.717, 1.165) is 16.2 Å². The Morgan fingerprint density at radius 2 is 2.25 bits per heavy atom. The van der Waals surface area contributed by atoms with Gasteiger partial charge in [0.25, 0.3) is 0 Å². The fourth-order valence-corrected chi connectivity index (χ4v) is 2.85. The summed E-state index contributed by atoms with van der Waals surface area (Å²) in [6.45, 7) is 0.431. The van der Waals surface area contributed by atoms with Crippen LogP contribution in [0.25, 0.3) is 4.96 Å². The summed E-state index contributed by atoms with van der Waals surface area (Å²) < 4.78 is 1.92. The first-order chi connectivity index (χ1) is 9.72. The number of fused-ring (bicyclic) bond motifs is 1. The van der Waals surface area contributed by atoms with E-state index in [9.17, 15) is 4.79 Å². The highest BCUT2D eigenvalue weighted by atomic mass is 35.5. The Bertz CT molecular complexity index is 721. The van der Waals surface area contributed by atoms with Crippen molar-refractivity contribution in [2.75, 3.05) is 0 Å². The van der Waals surface area contributed by atoms with Crippen molar-refractivity contribution in [3.8, 4) is 0 Å². The molecule has 2 heterocycles. The van der Waals surface area contributed by atoms with Gasteiger partial charge in [-0.1, -0.05) is 29.8 Å². The van der Waals surface area contributed by atoms with Gasteiger partial charge in [-0.3, -0.25) is 9.20 Å². The molecule has 0 aliphatic carbocycles. The molecule has 1 amide bonds. The van der Waals surface area contributed by atoms with Crippen molar-refractivity contribution in [1.29, 1.82) is 0 Å². The number of halogens is 1. The molecule has 2 aromatic heterocycles. The zero-order valence-electron chi connectivity index (χ0n) is 10.5. The number of nitrogens with zero attached hydrogens (tertiary/aromatic N) is 2. The Morgan fingerprint density at radius 1 is 1.40 bits per heavy atom. The minimum atomic E-state index is -0.0596. The molecule has 0 aliphatic heterocycles. The molecule has 0 fully saturated rings. The summed E-state index contributed by atoms with van der Waals surface area (Å²) in [7, 11) is 0. The third kappa shape index (κ3) is 2.84. The van der Waals surface area contributed by atoms with Gasteiger partial charge in [0.05, 0.1) is 12.1 Å². The number of benzene rings is 1. The normalized spacial score (nSPS) is 10.8. The molecule has 0 spiro atoms. The van der Waals surface area contributed by atoms with Gasteiger partial charge in [-0.05, 0) is 11.6 Å². The maximum atomic E-state index is 11.9. The second-order valence-corrected chi connectivity index (χ2v) is 5.65. The van der Waals surface area contributed by atoms with E-state index in [1.165, 1.54) is 0 Å². The van der Waals surface area contributed by atoms with Gasteiger partial charge in [-0.25, -0.2) is 4.98 Å². The zero-order chi connectivity index (χ0) is 13.9. The molecule has 3 aromatic rings. The van der Waals surface area contributed by atoms with Crippen LogP contribution in [0.15, 0.2) is 42.0 Å². The van der Waals surface area contributed by atoms with E-state index in [1.807, 2.05) is 46.4 Å². The van der Waals surface area contributed by atoms with Gasteiger partial charge in [-0.2, -0.15) is 0 Å². The van der Waals surface area contributed by atoms with E-state index in [0.29, 0.717) is 11.6 Å². The molecular weight excluding hydrogens is 294 g/mol. The molecule has 0 atom stereocenters. The largest absolute Gasteiger partial charge is 0.352 e. The summed E-state index contributed by atoms with van der Waals surface area (Å²) in [5.41, 5.74) is 1.68. The average Bonchev–Trinajstić information content (AvgIpc) is 2.98. The fraction of sp³-hybridized carbons (Fsp3) is 0.143. The van der Waals surface area contributed by atoms with Crippen LogP contribution in [0.3, 0.4) is 0 Å². The van der Waals surface area contributed by atoms with Gasteiger partial charge >= 0.3 is 0 Å². The van der Waals surface area contributed by atoms with Crippen LogP contribution in [0.5, 0.6) is 0 Å². The quantitative estimate of drug-likeness (QED) is 0.805. The van der Waals surface area contributed by atoms with Crippen molar-refractivity contribution in [2.45, 2.75) is 13.0 Å². The Labute approximate surface area is 125 Å². The number of hydrogen-bond donors (Lipinski definition) is 1. The third-order valence-corrected chi connectivity index (χ3v) is 4.06. The minimum absolute atomic E-state index is 0.0596. The Balaban J connectivity index is 1.60. The molecular formula is C14H12ClN3OS. The van der Waals surface area contributed by atoms with Gasteiger partial charge in [0.15, 0.2) is 4.96 Å². The summed E-state index contributed by atoms with van der Waals surface area (Å²) in [5, 5.41) is 5.48. The standard InChI is InChI=1S/C14H12ClN3OS/c15-12-4-2-1-3-10(12)8-16-13(19)7-11-9-18-5-6-20-14(18)17-11/h1-6,9H,7-8H2,(H,16,19). The average molecular weight is 306 g/mol. The molecule has 0 unspecified atom stereocenters. The van der Waals surface area contributed by atoms with Crippen LogP contribution in [0.2, 0.25) is 5.02 Å². The zero-order valence-corrected chi connectivity index (χ0v) is 12.1. The number of amides is 1. The second kappa shape index (κ2) is 5.64. The lowest BCUT2D eigenvalue weighted by Gasteiger charge is -2.05. The number of carbonyl (C=O) groups excluding carboxylic acids is 1. The predicted molar refractivity (Wildman–Crippen MR) is 80.1 cm³/mol. The lowest BCUT2D eigenvalue weighted by molar-refractivity contribution is -0.120. The molecule has 0 saturated heterocycles. The number of thiazole rings is 1. The van der Waals surface area contributed by atoms with Gasteiger partial charge in [0, 0.05) is 29.3 Å². The molecule has 6 heteroatoms. The first-order valence-corrected chi connectivity index (χ1v) is 7.39. The smallest absolute Gasteiger partial charge is 0.226 e. The van der Waals surface area contributed by atoms with Crippen molar-refractivity contribution >= 4 is 33.8 Å². The molecule has 0 saturated carbocycles. The van der Waals surface area contributed by atoms with E-state index in [-0.39, 0.29) is 12.3 Å². The number of hydrogen-bond acceptors (Lipinski definition) is 3. The van der Waals surface area contributed by atoms with Gasteiger partial charge in [0.1, 0.15) is 0 Å². The lowest BCUT2D eigenvalue weighted by Crippen LogP contribution is -2.24. The van der Waals surface area contributed by atoms with E-state index in [1.54, 1.807) is 11.3 Å². The topological polar surface area (TPSA) is 46.4 Å². The molecule has 3 rings (SSSR count). The summed E-state index contributed by atoms with van der Waals surface area (Å²) in [6.07, 6.45) is 4.08. The monoisotopic (exact) mass is 305 g/mol. The van der Waals surface area contributed by atoms with Crippen LogP contribution in [0.4, 0.5) is 0 Å². The van der Waals surface area contributed by atoms with Gasteiger partial charge in [0.2, 0.25) is 5.91 Å². The summed E-state index contributed by atoms with van der Waals surface area (Å²) >= 11 is 7.59. The number of nitrogens with one attached hydrogen (secondary N) is 1. The predicted octanol–water partition coefficient (Wildman–Crippen LogP) is 2.91. The third-order valence-electron chi connectivity index (χ3n) is 2.92. The minimum Gasteiger partial charge on any atom is -0.352 e. The van der Waals surface area contributed by atoms with Crippen molar-refractivity contribution in [1.82, 2.24) is 14.7 Å². The van der Waals surface area contributed by atoms with E-state index >= 15 is 0 Å². The molecule has 0 bridgehead atoms. The summed E-state index contributed by atoms with van der Waals surface area (Å²) in [5.74, 6) is -0.0596. The SMILES string of the molecule is O=C(Cc1cn2ccsc2n1)NCc1ccccc1Cl. The highest BCUT2D eigenvalue weighted by Gasteiger charge is 2.08. The van der Waals surface area contributed by atoms with Crippen LogP contribution in [-0.4, -0.2) is 15.3 Å². The lowest BCUT2D eigenvalue weighted by atomic mass is 10.2. The molecule has 4 nitrogen and oxygen atoms in total.